The van der Waals surface area contributed by atoms with Crippen LogP contribution in [0.4, 0.5) is 0 Å². The van der Waals surface area contributed by atoms with E-state index in [1.54, 1.807) is 6.92 Å². The van der Waals surface area contributed by atoms with Crippen LogP contribution in [0.1, 0.15) is 25.3 Å². The molecule has 0 heterocycles. The van der Waals surface area contributed by atoms with Crippen molar-refractivity contribution in [3.05, 3.63) is 35.9 Å². The van der Waals surface area contributed by atoms with Crippen LogP contribution in [0.15, 0.2) is 30.3 Å². The Morgan fingerprint density at radius 2 is 1.16 bits per heavy atom. The summed E-state index contributed by atoms with van der Waals surface area (Å²) in [6.07, 6.45) is 0.253. The third-order valence-electron chi connectivity index (χ3n) is 5.54. The molecule has 0 aliphatic rings. The number of hydrogen-bond donors (Lipinski definition) is 0. The molecule has 0 fully saturated rings. The number of rotatable bonds is 19. The summed E-state index contributed by atoms with van der Waals surface area (Å²) in [4.78, 5) is 55.0. The first kappa shape index (κ1) is 32.0. The molecule has 1 aromatic carbocycles. The van der Waals surface area contributed by atoms with Gasteiger partial charge in [0, 0.05) is 53.9 Å². The lowest BCUT2D eigenvalue weighted by Crippen LogP contribution is -2.49. The summed E-state index contributed by atoms with van der Waals surface area (Å²) in [5.74, 6) is -1.34. The number of carbonyl (C=O) groups excluding carboxylic acids is 4. The van der Waals surface area contributed by atoms with Crippen molar-refractivity contribution < 1.29 is 38.1 Å². The van der Waals surface area contributed by atoms with Gasteiger partial charge in [0.15, 0.2) is 0 Å². The van der Waals surface area contributed by atoms with Gasteiger partial charge in [-0.1, -0.05) is 37.3 Å². The van der Waals surface area contributed by atoms with E-state index in [1.807, 2.05) is 30.3 Å². The first-order valence-electron chi connectivity index (χ1n) is 12.4. The lowest BCUT2D eigenvalue weighted by atomic mass is 10.2. The molecular weight excluding hydrogens is 482 g/mol. The predicted molar refractivity (Wildman–Crippen MR) is 137 cm³/mol. The van der Waals surface area contributed by atoms with Crippen LogP contribution in [0.25, 0.3) is 0 Å². The highest BCUT2D eigenvalue weighted by Crippen LogP contribution is 2.05. The average molecular weight is 524 g/mol. The third-order valence-corrected chi connectivity index (χ3v) is 5.54. The Kier molecular flexibility index (Phi) is 16.6. The topological polar surface area (TPSA) is 115 Å². The highest BCUT2D eigenvalue weighted by Gasteiger charge is 2.24. The molecule has 0 radical (unpaired) electrons. The van der Waals surface area contributed by atoms with Crippen molar-refractivity contribution in [3.63, 3.8) is 0 Å². The second-order valence-corrected chi connectivity index (χ2v) is 8.24. The summed E-state index contributed by atoms with van der Waals surface area (Å²) < 4.78 is 20.6. The molecule has 0 aromatic heterocycles. The van der Waals surface area contributed by atoms with E-state index in [0.29, 0.717) is 6.61 Å². The van der Waals surface area contributed by atoms with Crippen molar-refractivity contribution in [3.8, 4) is 0 Å². The maximum absolute atomic E-state index is 13.1. The molecule has 0 aliphatic carbocycles. The number of ether oxygens (including phenoxy) is 4. The molecule has 37 heavy (non-hydrogen) atoms. The van der Waals surface area contributed by atoms with Gasteiger partial charge in [0.25, 0.3) is 0 Å². The standard InChI is InChI=1S/C26H41N3O8/c1-5-23(30)28(14-17-35-3)20-25(32)29(15-18-36-4)19-24(31)27(13-16-34-2)12-11-26(33)37-21-22-9-7-6-8-10-22/h6-10H,5,11-21H2,1-4H3. The van der Waals surface area contributed by atoms with E-state index < -0.39 is 5.97 Å². The first-order chi connectivity index (χ1) is 17.9. The fourth-order valence-corrected chi connectivity index (χ4v) is 3.34. The Morgan fingerprint density at radius 3 is 1.68 bits per heavy atom. The normalized spacial score (nSPS) is 10.6. The van der Waals surface area contributed by atoms with E-state index in [9.17, 15) is 19.2 Å². The number of esters is 1. The zero-order valence-electron chi connectivity index (χ0n) is 22.5. The van der Waals surface area contributed by atoms with Crippen LogP contribution in [0.5, 0.6) is 0 Å². The van der Waals surface area contributed by atoms with Crippen LogP contribution >= 0.6 is 0 Å². The van der Waals surface area contributed by atoms with Crippen LogP contribution in [0, 0.1) is 0 Å². The van der Waals surface area contributed by atoms with E-state index in [2.05, 4.69) is 0 Å². The molecule has 11 heteroatoms. The van der Waals surface area contributed by atoms with Gasteiger partial charge >= 0.3 is 5.97 Å². The summed E-state index contributed by atoms with van der Waals surface area (Å²) in [6, 6.07) is 9.32. The van der Waals surface area contributed by atoms with Crippen molar-refractivity contribution >= 4 is 23.7 Å². The zero-order valence-corrected chi connectivity index (χ0v) is 22.5. The average Bonchev–Trinajstić information content (AvgIpc) is 2.91. The molecule has 0 saturated carbocycles. The van der Waals surface area contributed by atoms with Gasteiger partial charge in [-0.25, -0.2) is 0 Å². The van der Waals surface area contributed by atoms with Crippen molar-refractivity contribution in [2.75, 3.05) is 80.4 Å². The maximum Gasteiger partial charge on any atom is 0.307 e. The van der Waals surface area contributed by atoms with Gasteiger partial charge in [0.2, 0.25) is 17.7 Å². The minimum Gasteiger partial charge on any atom is -0.461 e. The van der Waals surface area contributed by atoms with E-state index in [4.69, 9.17) is 18.9 Å². The minimum atomic E-state index is -0.432. The maximum atomic E-state index is 13.1. The van der Waals surface area contributed by atoms with E-state index >= 15 is 0 Å². The van der Waals surface area contributed by atoms with Crippen molar-refractivity contribution in [2.24, 2.45) is 0 Å². The molecular formula is C26H41N3O8. The van der Waals surface area contributed by atoms with E-state index in [0.717, 1.165) is 5.56 Å². The summed E-state index contributed by atoms with van der Waals surface area (Å²) in [6.45, 7) is 3.09. The second kappa shape index (κ2) is 19.1. The summed E-state index contributed by atoms with van der Waals surface area (Å²) in [5.41, 5.74) is 0.872. The van der Waals surface area contributed by atoms with E-state index in [1.165, 1.54) is 36.0 Å². The molecule has 1 rings (SSSR count). The summed E-state index contributed by atoms with van der Waals surface area (Å²) >= 11 is 0. The van der Waals surface area contributed by atoms with Gasteiger partial charge in [-0.05, 0) is 5.56 Å². The monoisotopic (exact) mass is 523 g/mol. The highest BCUT2D eigenvalue weighted by molar-refractivity contribution is 5.88. The third kappa shape index (κ3) is 13.2. The predicted octanol–water partition coefficient (Wildman–Crippen LogP) is 0.955. The Bertz CT molecular complexity index is 821. The van der Waals surface area contributed by atoms with Crippen LogP contribution in [-0.2, 0) is 44.7 Å². The van der Waals surface area contributed by atoms with Crippen molar-refractivity contribution in [1.82, 2.24) is 14.7 Å². The Labute approximate surface area is 219 Å². The van der Waals surface area contributed by atoms with Crippen LogP contribution in [-0.4, -0.2) is 119 Å². The quantitative estimate of drug-likeness (QED) is 0.246. The van der Waals surface area contributed by atoms with Crippen LogP contribution < -0.4 is 0 Å². The molecule has 208 valence electrons. The van der Waals surface area contributed by atoms with Crippen molar-refractivity contribution in [1.29, 1.82) is 0 Å². The minimum absolute atomic E-state index is 0.00407. The smallest absolute Gasteiger partial charge is 0.307 e. The Hall–Kier alpha value is -3.02. The number of amides is 3. The van der Waals surface area contributed by atoms with Crippen LogP contribution in [0.2, 0.25) is 0 Å². The lowest BCUT2D eigenvalue weighted by Gasteiger charge is -2.29. The molecule has 3 amide bonds. The number of nitrogens with zero attached hydrogens (tertiary/aromatic N) is 3. The molecule has 0 atom stereocenters. The second-order valence-electron chi connectivity index (χ2n) is 8.24. The Morgan fingerprint density at radius 1 is 0.676 bits per heavy atom. The number of benzene rings is 1. The molecule has 11 nitrogen and oxygen atoms in total. The SMILES string of the molecule is CCC(=O)N(CCOC)CC(=O)N(CCOC)CC(=O)N(CCOC)CCC(=O)OCc1ccccc1. The highest BCUT2D eigenvalue weighted by atomic mass is 16.5. The van der Waals surface area contributed by atoms with Crippen LogP contribution in [0.3, 0.4) is 0 Å². The fraction of sp³-hybridized carbons (Fsp3) is 0.615. The number of carbonyl (C=O) groups is 4. The summed E-state index contributed by atoms with van der Waals surface area (Å²) in [5, 5.41) is 0. The Balaban J connectivity index is 2.79. The molecule has 0 spiro atoms. The van der Waals surface area contributed by atoms with Crippen molar-refractivity contribution in [2.45, 2.75) is 26.4 Å². The van der Waals surface area contributed by atoms with Gasteiger partial charge < -0.3 is 33.6 Å². The fourth-order valence-electron chi connectivity index (χ4n) is 3.34. The lowest BCUT2D eigenvalue weighted by molar-refractivity contribution is -0.147. The molecule has 0 bridgehead atoms. The largest absolute Gasteiger partial charge is 0.461 e. The van der Waals surface area contributed by atoms with Gasteiger partial charge in [-0.2, -0.15) is 0 Å². The molecule has 1 aromatic rings. The molecule has 0 unspecified atom stereocenters. The van der Waals surface area contributed by atoms with Gasteiger partial charge in [0.05, 0.1) is 39.3 Å². The van der Waals surface area contributed by atoms with Gasteiger partial charge in [-0.3, -0.25) is 19.2 Å². The van der Waals surface area contributed by atoms with Gasteiger partial charge in [0.1, 0.15) is 6.61 Å². The number of methoxy groups -OCH3 is 3. The molecule has 0 saturated heterocycles. The summed E-state index contributed by atoms with van der Waals surface area (Å²) in [7, 11) is 4.54. The molecule has 0 aliphatic heterocycles. The zero-order chi connectivity index (χ0) is 27.5. The first-order valence-corrected chi connectivity index (χ1v) is 12.4. The number of hydrogen-bond acceptors (Lipinski definition) is 8. The van der Waals surface area contributed by atoms with E-state index in [-0.39, 0.29) is 89.7 Å². The molecule has 0 N–H and O–H groups in total. The van der Waals surface area contributed by atoms with Gasteiger partial charge in [-0.15, -0.1) is 0 Å².